The number of rotatable bonds is 4. The maximum atomic E-state index is 10.5. The first-order valence-corrected chi connectivity index (χ1v) is 5.34. The van der Waals surface area contributed by atoms with Gasteiger partial charge in [0.2, 0.25) is 0 Å². The molecule has 1 rings (SSSR count). The van der Waals surface area contributed by atoms with E-state index in [1.54, 1.807) is 11.4 Å². The van der Waals surface area contributed by atoms with Crippen LogP contribution < -0.4 is 0 Å². The molecular formula is C9H10O2S2. The van der Waals surface area contributed by atoms with Gasteiger partial charge in [-0.3, -0.25) is 0 Å². The van der Waals surface area contributed by atoms with Gasteiger partial charge in [-0.25, -0.2) is 4.79 Å². The number of hydrogen-bond acceptors (Lipinski definition) is 3. The van der Waals surface area contributed by atoms with Crippen molar-refractivity contribution in [1.82, 2.24) is 0 Å². The summed E-state index contributed by atoms with van der Waals surface area (Å²) in [7, 11) is 0. The normalized spacial score (nSPS) is 10.8. The van der Waals surface area contributed by atoms with Gasteiger partial charge in [-0.15, -0.1) is 11.3 Å². The number of carboxylic acids is 1. The van der Waals surface area contributed by atoms with Crippen molar-refractivity contribution in [2.45, 2.75) is 6.42 Å². The molecule has 0 bridgehead atoms. The smallest absolute Gasteiger partial charge is 0.336 e. The first-order valence-electron chi connectivity index (χ1n) is 3.83. The molecule has 0 aliphatic rings. The average Bonchev–Trinajstić information content (AvgIpc) is 2.53. The van der Waals surface area contributed by atoms with Gasteiger partial charge in [0.05, 0.1) is 5.56 Å². The van der Waals surface area contributed by atoms with Gasteiger partial charge in [-0.2, -0.15) is 12.6 Å². The maximum Gasteiger partial charge on any atom is 0.336 e. The van der Waals surface area contributed by atoms with E-state index in [9.17, 15) is 4.79 Å². The van der Waals surface area contributed by atoms with E-state index in [2.05, 4.69) is 12.6 Å². The van der Waals surface area contributed by atoms with E-state index in [0.29, 0.717) is 5.56 Å². The van der Waals surface area contributed by atoms with Crippen LogP contribution in [0.5, 0.6) is 0 Å². The van der Waals surface area contributed by atoms with E-state index in [4.69, 9.17) is 5.11 Å². The predicted molar refractivity (Wildman–Crippen MR) is 58.8 cm³/mol. The van der Waals surface area contributed by atoms with Crippen molar-refractivity contribution in [2.24, 2.45) is 0 Å². The Hall–Kier alpha value is -0.740. The Labute approximate surface area is 86.3 Å². The number of carbonyl (C=O) groups is 1. The zero-order valence-electron chi connectivity index (χ0n) is 6.93. The van der Waals surface area contributed by atoms with Crippen molar-refractivity contribution in [3.8, 4) is 0 Å². The summed E-state index contributed by atoms with van der Waals surface area (Å²) in [6.45, 7) is 0. The molecule has 0 unspecified atom stereocenters. The molecule has 13 heavy (non-hydrogen) atoms. The highest BCUT2D eigenvalue weighted by atomic mass is 32.1. The minimum Gasteiger partial charge on any atom is -0.478 e. The molecule has 0 saturated carbocycles. The molecule has 0 aliphatic carbocycles. The fourth-order valence-corrected chi connectivity index (χ4v) is 1.78. The SMILES string of the molecule is O=C(O)c1csc(C=CCCS)c1. The molecule has 70 valence electrons. The number of carboxylic acid groups (broad SMARTS) is 1. The second-order valence-electron chi connectivity index (χ2n) is 2.46. The minimum atomic E-state index is -0.870. The molecule has 0 fully saturated rings. The zero-order chi connectivity index (χ0) is 9.68. The number of aromatic carboxylic acids is 1. The molecule has 0 saturated heterocycles. The lowest BCUT2D eigenvalue weighted by molar-refractivity contribution is 0.0697. The standard InChI is InChI=1S/C9H10O2S2/c10-9(11)7-5-8(13-6-7)3-1-2-4-12/h1,3,5-6,12H,2,4H2,(H,10,11). The Bertz CT molecular complexity index is 315. The second-order valence-corrected chi connectivity index (χ2v) is 3.85. The van der Waals surface area contributed by atoms with Crippen LogP contribution in [-0.2, 0) is 0 Å². The van der Waals surface area contributed by atoms with E-state index in [0.717, 1.165) is 17.1 Å². The van der Waals surface area contributed by atoms with Crippen molar-refractivity contribution in [3.05, 3.63) is 28.0 Å². The average molecular weight is 214 g/mol. The van der Waals surface area contributed by atoms with E-state index >= 15 is 0 Å². The highest BCUT2D eigenvalue weighted by Crippen LogP contribution is 2.16. The third-order valence-corrected chi connectivity index (χ3v) is 2.60. The van der Waals surface area contributed by atoms with Crippen LogP contribution in [0.4, 0.5) is 0 Å². The summed E-state index contributed by atoms with van der Waals surface area (Å²) in [4.78, 5) is 11.5. The van der Waals surface area contributed by atoms with Crippen LogP contribution in [-0.4, -0.2) is 16.8 Å². The Kier molecular flexibility index (Phi) is 4.05. The molecule has 0 aliphatic heterocycles. The summed E-state index contributed by atoms with van der Waals surface area (Å²) in [5.74, 6) is -0.0571. The molecule has 2 nitrogen and oxygen atoms in total. The van der Waals surface area contributed by atoms with Gasteiger partial charge in [0, 0.05) is 10.3 Å². The van der Waals surface area contributed by atoms with Crippen LogP contribution in [0.3, 0.4) is 0 Å². The molecule has 4 heteroatoms. The van der Waals surface area contributed by atoms with Gasteiger partial charge in [0.25, 0.3) is 0 Å². The van der Waals surface area contributed by atoms with Crippen molar-refractivity contribution < 1.29 is 9.90 Å². The first-order chi connectivity index (χ1) is 6.24. The zero-order valence-corrected chi connectivity index (χ0v) is 8.65. The number of hydrogen-bond donors (Lipinski definition) is 2. The van der Waals surface area contributed by atoms with Crippen LogP contribution in [0.2, 0.25) is 0 Å². The topological polar surface area (TPSA) is 37.3 Å². The Balaban J connectivity index is 2.64. The van der Waals surface area contributed by atoms with Crippen molar-refractivity contribution in [1.29, 1.82) is 0 Å². The molecule has 1 aromatic rings. The van der Waals surface area contributed by atoms with Gasteiger partial charge < -0.3 is 5.11 Å². The number of thiol groups is 1. The molecule has 1 heterocycles. The highest BCUT2D eigenvalue weighted by Gasteiger charge is 2.03. The lowest BCUT2D eigenvalue weighted by Crippen LogP contribution is -1.91. The fourth-order valence-electron chi connectivity index (χ4n) is 0.826. The van der Waals surface area contributed by atoms with E-state index in [1.165, 1.54) is 11.3 Å². The molecule has 0 amide bonds. The van der Waals surface area contributed by atoms with Gasteiger partial charge in [-0.1, -0.05) is 6.08 Å². The number of thiophene rings is 1. The molecule has 0 atom stereocenters. The fraction of sp³-hybridized carbons (Fsp3) is 0.222. The molecular weight excluding hydrogens is 204 g/mol. The first kappa shape index (κ1) is 10.3. The Morgan fingerprint density at radius 1 is 1.69 bits per heavy atom. The number of allylic oxidation sites excluding steroid dienone is 1. The second kappa shape index (κ2) is 5.09. The van der Waals surface area contributed by atoms with E-state index in [-0.39, 0.29) is 0 Å². The minimum absolute atomic E-state index is 0.357. The van der Waals surface area contributed by atoms with Crippen molar-refractivity contribution in [2.75, 3.05) is 5.75 Å². The van der Waals surface area contributed by atoms with Crippen LogP contribution in [0.25, 0.3) is 6.08 Å². The summed E-state index contributed by atoms with van der Waals surface area (Å²) in [6.07, 6.45) is 4.82. The van der Waals surface area contributed by atoms with Crippen LogP contribution in [0.15, 0.2) is 17.5 Å². The molecule has 1 aromatic heterocycles. The van der Waals surface area contributed by atoms with Crippen molar-refractivity contribution in [3.63, 3.8) is 0 Å². The van der Waals surface area contributed by atoms with Gasteiger partial charge >= 0.3 is 5.97 Å². The maximum absolute atomic E-state index is 10.5. The van der Waals surface area contributed by atoms with Crippen molar-refractivity contribution >= 4 is 36.0 Å². The summed E-state index contributed by atoms with van der Waals surface area (Å²) < 4.78 is 0. The molecule has 1 N–H and O–H groups in total. The quantitative estimate of drug-likeness (QED) is 0.756. The summed E-state index contributed by atoms with van der Waals surface area (Å²) in [6, 6.07) is 1.67. The summed E-state index contributed by atoms with van der Waals surface area (Å²) in [5, 5.41) is 10.3. The van der Waals surface area contributed by atoms with Crippen LogP contribution in [0, 0.1) is 0 Å². The predicted octanol–water partition coefficient (Wildman–Crippen LogP) is 2.78. The lowest BCUT2D eigenvalue weighted by Gasteiger charge is -1.84. The van der Waals surface area contributed by atoms with Gasteiger partial charge in [-0.05, 0) is 24.3 Å². The molecule has 0 spiro atoms. The van der Waals surface area contributed by atoms with Gasteiger partial charge in [0.1, 0.15) is 0 Å². The monoisotopic (exact) mass is 214 g/mol. The highest BCUT2D eigenvalue weighted by molar-refractivity contribution is 7.80. The van der Waals surface area contributed by atoms with E-state index in [1.807, 2.05) is 12.2 Å². The third kappa shape index (κ3) is 3.24. The van der Waals surface area contributed by atoms with Crippen LogP contribution in [0.1, 0.15) is 21.7 Å². The third-order valence-electron chi connectivity index (χ3n) is 1.44. The lowest BCUT2D eigenvalue weighted by atomic mass is 10.3. The van der Waals surface area contributed by atoms with E-state index < -0.39 is 5.97 Å². The summed E-state index contributed by atoms with van der Waals surface area (Å²) in [5.41, 5.74) is 0.357. The molecule has 0 aromatic carbocycles. The summed E-state index contributed by atoms with van der Waals surface area (Å²) >= 11 is 5.50. The Morgan fingerprint density at radius 3 is 3.00 bits per heavy atom. The molecule has 0 radical (unpaired) electrons. The Morgan fingerprint density at radius 2 is 2.46 bits per heavy atom. The van der Waals surface area contributed by atoms with Gasteiger partial charge in [0.15, 0.2) is 0 Å². The van der Waals surface area contributed by atoms with Crippen LogP contribution >= 0.6 is 24.0 Å². The largest absolute Gasteiger partial charge is 0.478 e.